The largest absolute Gasteiger partial charge is 0.326 e. The third-order valence-electron chi connectivity index (χ3n) is 2.99. The van der Waals surface area contributed by atoms with E-state index in [1.807, 2.05) is 34.9 Å². The van der Waals surface area contributed by atoms with Gasteiger partial charge in [-0.15, -0.1) is 10.2 Å². The summed E-state index contributed by atoms with van der Waals surface area (Å²) in [6.45, 7) is 0.346. The van der Waals surface area contributed by atoms with E-state index in [4.69, 9.17) is 5.73 Å². The molecule has 0 aliphatic carbocycles. The molecule has 0 radical (unpaired) electrons. The molecule has 2 N–H and O–H groups in total. The maximum Gasteiger partial charge on any atom is 0.195 e. The molecule has 3 rings (SSSR count). The molecule has 2 aromatic heterocycles. The van der Waals surface area contributed by atoms with Crippen LogP contribution in [0.5, 0.6) is 0 Å². The van der Waals surface area contributed by atoms with Gasteiger partial charge in [-0.1, -0.05) is 30.0 Å². The molecule has 102 valence electrons. The summed E-state index contributed by atoms with van der Waals surface area (Å²) in [5.74, 6) is 0.279. The molecular formula is C14H13FN4S. The van der Waals surface area contributed by atoms with Crippen molar-refractivity contribution < 1.29 is 4.39 Å². The number of rotatable bonds is 4. The lowest BCUT2D eigenvalue weighted by atomic mass is 10.1. The molecule has 20 heavy (non-hydrogen) atoms. The predicted octanol–water partition coefficient (Wildman–Crippen LogP) is 2.62. The van der Waals surface area contributed by atoms with Crippen molar-refractivity contribution in [2.24, 2.45) is 5.73 Å². The second kappa shape index (κ2) is 5.60. The van der Waals surface area contributed by atoms with Crippen molar-refractivity contribution in [2.45, 2.75) is 17.5 Å². The number of pyridine rings is 1. The molecule has 6 heteroatoms. The van der Waals surface area contributed by atoms with Gasteiger partial charge in [0.25, 0.3) is 0 Å². The number of nitrogens with zero attached hydrogens (tertiary/aromatic N) is 3. The number of thioether (sulfide) groups is 1. The Morgan fingerprint density at radius 1 is 1.20 bits per heavy atom. The molecule has 0 aliphatic rings. The third-order valence-corrected chi connectivity index (χ3v) is 3.98. The van der Waals surface area contributed by atoms with Crippen LogP contribution in [0, 0.1) is 5.82 Å². The normalized spacial score (nSPS) is 11.1. The number of aromatic nitrogens is 3. The molecule has 0 saturated heterocycles. The fourth-order valence-electron chi connectivity index (χ4n) is 1.90. The molecule has 0 spiro atoms. The van der Waals surface area contributed by atoms with Crippen LogP contribution in [-0.2, 0) is 12.3 Å². The summed E-state index contributed by atoms with van der Waals surface area (Å²) in [5, 5.41) is 8.92. The number of halogens is 1. The first-order valence-electron chi connectivity index (χ1n) is 6.18. The lowest BCUT2D eigenvalue weighted by Crippen LogP contribution is -1.98. The Morgan fingerprint density at radius 2 is 2.10 bits per heavy atom. The van der Waals surface area contributed by atoms with E-state index in [0.29, 0.717) is 17.9 Å². The third kappa shape index (κ3) is 2.52. The first kappa shape index (κ1) is 13.1. The second-order valence-corrected chi connectivity index (χ2v) is 5.27. The standard InChI is InChI=1S/C14H13FN4S/c15-12-7-10(8-16)4-5-11(12)9-20-14-18-17-13-3-1-2-6-19(13)14/h1-7H,8-9,16H2. The first-order valence-corrected chi connectivity index (χ1v) is 7.16. The molecule has 0 fully saturated rings. The Bertz CT molecular complexity index is 741. The zero-order valence-corrected chi connectivity index (χ0v) is 11.5. The van der Waals surface area contributed by atoms with Gasteiger partial charge in [-0.2, -0.15) is 0 Å². The second-order valence-electron chi connectivity index (χ2n) is 4.33. The Morgan fingerprint density at radius 3 is 2.90 bits per heavy atom. The Kier molecular flexibility index (Phi) is 3.66. The van der Waals surface area contributed by atoms with Crippen molar-refractivity contribution >= 4 is 17.4 Å². The van der Waals surface area contributed by atoms with Gasteiger partial charge >= 0.3 is 0 Å². The van der Waals surface area contributed by atoms with Gasteiger partial charge in [-0.05, 0) is 29.3 Å². The molecule has 0 bridgehead atoms. The maximum atomic E-state index is 13.9. The summed E-state index contributed by atoms with van der Waals surface area (Å²) in [6.07, 6.45) is 1.89. The number of fused-ring (bicyclic) bond motifs is 1. The highest BCUT2D eigenvalue weighted by Crippen LogP contribution is 2.23. The number of benzene rings is 1. The van der Waals surface area contributed by atoms with E-state index < -0.39 is 0 Å². The minimum atomic E-state index is -0.228. The summed E-state index contributed by atoms with van der Waals surface area (Å²) in [4.78, 5) is 0. The van der Waals surface area contributed by atoms with Gasteiger partial charge in [-0.3, -0.25) is 4.40 Å². The van der Waals surface area contributed by atoms with Gasteiger partial charge in [0.05, 0.1) is 0 Å². The van der Waals surface area contributed by atoms with Gasteiger partial charge in [0.1, 0.15) is 5.82 Å². The molecular weight excluding hydrogens is 275 g/mol. The quantitative estimate of drug-likeness (QED) is 0.750. The minimum Gasteiger partial charge on any atom is -0.326 e. The molecule has 0 unspecified atom stereocenters. The molecule has 4 nitrogen and oxygen atoms in total. The molecule has 1 aromatic carbocycles. The van der Waals surface area contributed by atoms with Gasteiger partial charge in [-0.25, -0.2) is 4.39 Å². The topological polar surface area (TPSA) is 56.2 Å². The van der Waals surface area contributed by atoms with E-state index in [-0.39, 0.29) is 5.82 Å². The lowest BCUT2D eigenvalue weighted by Gasteiger charge is -2.04. The van der Waals surface area contributed by atoms with E-state index in [1.54, 1.807) is 6.07 Å². The van der Waals surface area contributed by atoms with Gasteiger partial charge in [0.15, 0.2) is 10.8 Å². The molecule has 0 amide bonds. The van der Waals surface area contributed by atoms with Crippen LogP contribution in [0.2, 0.25) is 0 Å². The maximum absolute atomic E-state index is 13.9. The number of hydrogen-bond acceptors (Lipinski definition) is 4. The van der Waals surface area contributed by atoms with E-state index in [2.05, 4.69) is 10.2 Å². The van der Waals surface area contributed by atoms with E-state index >= 15 is 0 Å². The average molecular weight is 288 g/mol. The first-order chi connectivity index (χ1) is 9.78. The van der Waals surface area contributed by atoms with Crippen molar-refractivity contribution in [2.75, 3.05) is 0 Å². The Hall–Kier alpha value is -1.92. The van der Waals surface area contributed by atoms with Crippen molar-refractivity contribution in [1.82, 2.24) is 14.6 Å². The molecule has 3 aromatic rings. The van der Waals surface area contributed by atoms with Crippen molar-refractivity contribution in [3.05, 3.63) is 59.5 Å². The fraction of sp³-hybridized carbons (Fsp3) is 0.143. The van der Waals surface area contributed by atoms with Crippen LogP contribution in [0.1, 0.15) is 11.1 Å². The van der Waals surface area contributed by atoms with Crippen LogP contribution in [0.4, 0.5) is 4.39 Å². The van der Waals surface area contributed by atoms with Crippen molar-refractivity contribution in [3.8, 4) is 0 Å². The summed E-state index contributed by atoms with van der Waals surface area (Å²) in [6, 6.07) is 10.8. The summed E-state index contributed by atoms with van der Waals surface area (Å²) >= 11 is 1.46. The van der Waals surface area contributed by atoms with Crippen LogP contribution in [0.3, 0.4) is 0 Å². The predicted molar refractivity (Wildman–Crippen MR) is 76.8 cm³/mol. The molecule has 0 aliphatic heterocycles. The molecule has 0 saturated carbocycles. The van der Waals surface area contributed by atoms with Crippen LogP contribution in [0.15, 0.2) is 47.8 Å². The van der Waals surface area contributed by atoms with Gasteiger partial charge in [0, 0.05) is 18.5 Å². The average Bonchev–Trinajstić information content (AvgIpc) is 2.89. The monoisotopic (exact) mass is 288 g/mol. The lowest BCUT2D eigenvalue weighted by molar-refractivity contribution is 0.615. The highest BCUT2D eigenvalue weighted by molar-refractivity contribution is 7.98. The summed E-state index contributed by atoms with van der Waals surface area (Å²) in [5.41, 5.74) is 7.71. The summed E-state index contributed by atoms with van der Waals surface area (Å²) < 4.78 is 15.8. The molecule has 2 heterocycles. The van der Waals surface area contributed by atoms with Gasteiger partial charge < -0.3 is 5.73 Å². The van der Waals surface area contributed by atoms with Crippen LogP contribution >= 0.6 is 11.8 Å². The van der Waals surface area contributed by atoms with Gasteiger partial charge in [0.2, 0.25) is 0 Å². The highest BCUT2D eigenvalue weighted by atomic mass is 32.2. The number of nitrogens with two attached hydrogens (primary N) is 1. The SMILES string of the molecule is NCc1ccc(CSc2nnc3ccccn23)c(F)c1. The highest BCUT2D eigenvalue weighted by Gasteiger charge is 2.08. The summed E-state index contributed by atoms with van der Waals surface area (Å²) in [7, 11) is 0. The Balaban J connectivity index is 1.79. The van der Waals surface area contributed by atoms with E-state index in [9.17, 15) is 4.39 Å². The van der Waals surface area contributed by atoms with Crippen molar-refractivity contribution in [3.63, 3.8) is 0 Å². The zero-order valence-electron chi connectivity index (χ0n) is 10.7. The molecule has 0 atom stereocenters. The Labute approximate surface area is 119 Å². The van der Waals surface area contributed by atoms with Crippen LogP contribution < -0.4 is 5.73 Å². The van der Waals surface area contributed by atoms with E-state index in [1.165, 1.54) is 17.8 Å². The van der Waals surface area contributed by atoms with Crippen LogP contribution in [-0.4, -0.2) is 14.6 Å². The van der Waals surface area contributed by atoms with Crippen LogP contribution in [0.25, 0.3) is 5.65 Å². The van der Waals surface area contributed by atoms with E-state index in [0.717, 1.165) is 16.4 Å². The van der Waals surface area contributed by atoms with Crippen molar-refractivity contribution in [1.29, 1.82) is 0 Å². The smallest absolute Gasteiger partial charge is 0.195 e. The number of hydrogen-bond donors (Lipinski definition) is 1. The minimum absolute atomic E-state index is 0.228. The fourth-order valence-corrected chi connectivity index (χ4v) is 2.81. The zero-order chi connectivity index (χ0) is 13.9.